The van der Waals surface area contributed by atoms with E-state index in [1.807, 2.05) is 24.3 Å². The molecule has 0 aliphatic carbocycles. The topological polar surface area (TPSA) is 52.6 Å². The van der Waals surface area contributed by atoms with Crippen LogP contribution >= 0.6 is 0 Å². The van der Waals surface area contributed by atoms with Gasteiger partial charge < -0.3 is 17.7 Å². The van der Waals surface area contributed by atoms with Crippen molar-refractivity contribution in [3.05, 3.63) is 206 Å². The molecule has 0 aliphatic heterocycles. The van der Waals surface area contributed by atoms with E-state index in [2.05, 4.69) is 182 Å². The molecule has 0 fully saturated rings. The van der Waals surface area contributed by atoms with Gasteiger partial charge in [0.1, 0.15) is 44.7 Å². The number of fused-ring (bicyclic) bond motifs is 12. The molecule has 0 amide bonds. The highest BCUT2D eigenvalue weighted by Crippen LogP contribution is 2.52. The maximum absolute atomic E-state index is 6.84. The maximum Gasteiger partial charge on any atom is 0.143 e. The number of benzene rings is 12. The van der Waals surface area contributed by atoms with Gasteiger partial charge in [0.2, 0.25) is 0 Å². The van der Waals surface area contributed by atoms with Crippen LogP contribution in [0.4, 0.5) is 0 Å². The van der Waals surface area contributed by atoms with Crippen molar-refractivity contribution in [1.82, 2.24) is 0 Å². The Labute approximate surface area is 386 Å². The van der Waals surface area contributed by atoms with Crippen LogP contribution in [-0.4, -0.2) is 0 Å². The summed E-state index contributed by atoms with van der Waals surface area (Å²) in [6.45, 7) is 0. The summed E-state index contributed by atoms with van der Waals surface area (Å²) >= 11 is 0. The van der Waals surface area contributed by atoms with E-state index < -0.39 is 0 Å². The molecular weight excluding hydrogens is 833 g/mol. The molecule has 0 N–H and O–H groups in total. The summed E-state index contributed by atoms with van der Waals surface area (Å²) in [5, 5.41) is 15.7. The van der Waals surface area contributed by atoms with E-state index in [9.17, 15) is 0 Å². The quantitative estimate of drug-likeness (QED) is 0.165. The maximum atomic E-state index is 6.84. The number of hydrogen-bond donors (Lipinski definition) is 0. The third kappa shape index (κ3) is 4.77. The Hall–Kier alpha value is -9.12. The lowest BCUT2D eigenvalue weighted by Crippen LogP contribution is -1.95. The Morgan fingerprint density at radius 1 is 0.176 bits per heavy atom. The molecule has 0 saturated heterocycles. The fourth-order valence-corrected chi connectivity index (χ4v) is 11.8. The van der Waals surface area contributed by atoms with E-state index in [1.54, 1.807) is 0 Å². The van der Waals surface area contributed by atoms with Gasteiger partial charge in [-0.3, -0.25) is 0 Å². The molecule has 0 aliphatic rings. The van der Waals surface area contributed by atoms with E-state index in [1.165, 1.54) is 10.8 Å². The van der Waals surface area contributed by atoms with Crippen LogP contribution in [0.3, 0.4) is 0 Å². The molecule has 4 nitrogen and oxygen atoms in total. The van der Waals surface area contributed by atoms with Gasteiger partial charge in [-0.1, -0.05) is 164 Å². The number of para-hydroxylation sites is 7. The second-order valence-corrected chi connectivity index (χ2v) is 18.1. The minimum atomic E-state index is 0.859. The van der Waals surface area contributed by atoms with Gasteiger partial charge in [-0.25, -0.2) is 0 Å². The van der Waals surface area contributed by atoms with Crippen LogP contribution in [-0.2, 0) is 0 Å². The van der Waals surface area contributed by atoms with E-state index in [4.69, 9.17) is 17.7 Å². The highest BCUT2D eigenvalue weighted by molar-refractivity contribution is 6.34. The minimum absolute atomic E-state index is 0.859. The molecule has 68 heavy (non-hydrogen) atoms. The zero-order valence-electron chi connectivity index (χ0n) is 36.3. The van der Waals surface area contributed by atoms with E-state index in [-0.39, 0.29) is 0 Å². The molecule has 0 atom stereocenters. The monoisotopic (exact) mass is 866 g/mol. The van der Waals surface area contributed by atoms with Gasteiger partial charge in [0, 0.05) is 59.8 Å². The number of hydrogen-bond acceptors (Lipinski definition) is 4. The van der Waals surface area contributed by atoms with Crippen LogP contribution in [0.1, 0.15) is 0 Å². The molecule has 0 bridgehead atoms. The summed E-state index contributed by atoms with van der Waals surface area (Å²) in [5.74, 6) is 0. The lowest BCUT2D eigenvalue weighted by atomic mass is 9.81. The van der Waals surface area contributed by atoms with Gasteiger partial charge in [0.25, 0.3) is 0 Å². The van der Waals surface area contributed by atoms with Crippen molar-refractivity contribution in [2.45, 2.75) is 0 Å². The van der Waals surface area contributed by atoms with E-state index in [0.29, 0.717) is 0 Å². The Bertz CT molecular complexity index is 4670. The average molecular weight is 867 g/mol. The average Bonchev–Trinajstić information content (AvgIpc) is 4.18. The van der Waals surface area contributed by atoms with Crippen molar-refractivity contribution < 1.29 is 17.7 Å². The van der Waals surface area contributed by atoms with Crippen LogP contribution in [0.25, 0.3) is 165 Å². The summed E-state index contributed by atoms with van der Waals surface area (Å²) in [6.07, 6.45) is 0. The van der Waals surface area contributed by atoms with Crippen molar-refractivity contribution in [3.8, 4) is 44.5 Å². The van der Waals surface area contributed by atoms with Gasteiger partial charge in [0.15, 0.2) is 0 Å². The van der Waals surface area contributed by atoms with E-state index in [0.717, 1.165) is 154 Å². The van der Waals surface area contributed by atoms with Crippen molar-refractivity contribution in [2.75, 3.05) is 0 Å². The van der Waals surface area contributed by atoms with Gasteiger partial charge in [-0.2, -0.15) is 0 Å². The summed E-state index contributed by atoms with van der Waals surface area (Å²) in [5.41, 5.74) is 15.6. The lowest BCUT2D eigenvalue weighted by Gasteiger charge is -2.22. The molecule has 16 aromatic rings. The molecule has 0 spiro atoms. The smallest absolute Gasteiger partial charge is 0.143 e. The van der Waals surface area contributed by atoms with Crippen molar-refractivity contribution in [1.29, 1.82) is 0 Å². The Morgan fingerprint density at radius 3 is 0.912 bits per heavy atom. The molecular formula is C64H34O4. The molecule has 0 radical (unpaired) electrons. The summed E-state index contributed by atoms with van der Waals surface area (Å²) in [6, 6.07) is 73.6. The zero-order chi connectivity index (χ0) is 44.2. The summed E-state index contributed by atoms with van der Waals surface area (Å²) < 4.78 is 27.1. The van der Waals surface area contributed by atoms with Crippen LogP contribution in [0.15, 0.2) is 224 Å². The first-order valence-electron chi connectivity index (χ1n) is 23.1. The van der Waals surface area contributed by atoms with Crippen LogP contribution in [0.2, 0.25) is 0 Å². The minimum Gasteiger partial charge on any atom is -0.456 e. The normalized spacial score (nSPS) is 12.4. The Morgan fingerprint density at radius 2 is 0.485 bits per heavy atom. The van der Waals surface area contributed by atoms with Gasteiger partial charge in [-0.05, 0) is 103 Å². The standard InChI is InChI=1S/C64H34O4/c1-5-24-54-35(13-1)43-18-9-21-46(62(43)66-54)51-33-50(38-17-12-28-58-59(38)49-16-4-8-27-57(49)65-58)39-29-30-41-52(47-22-10-19-44-36-14-2-6-25-55(36)67-63(44)47)34-53(42-32-31-40(51)60(39)61(41)42)48-23-11-20-45-37-15-3-7-26-56(37)68-64(45)48/h1-34H. The molecule has 16 rings (SSSR count). The van der Waals surface area contributed by atoms with Crippen molar-refractivity contribution >= 4 is 120 Å². The fraction of sp³-hybridized carbons (Fsp3) is 0. The van der Waals surface area contributed by atoms with Gasteiger partial charge >= 0.3 is 0 Å². The first-order valence-corrected chi connectivity index (χ1v) is 23.1. The zero-order valence-corrected chi connectivity index (χ0v) is 36.3. The SMILES string of the molecule is c1ccc2c(c1)oc1c(-c3cc(-c4cccc5c4oc4ccccc45)c4ccc5c(-c6cccc7oc8ccccc8c67)cc(-c6cccc7c6oc6ccccc67)c6ccc3c4c65)cccc12. The molecule has 4 heterocycles. The first kappa shape index (κ1) is 36.1. The second-order valence-electron chi connectivity index (χ2n) is 18.1. The Balaban J connectivity index is 1.11. The summed E-state index contributed by atoms with van der Waals surface area (Å²) in [4.78, 5) is 0. The number of furan rings is 4. The van der Waals surface area contributed by atoms with E-state index >= 15 is 0 Å². The highest BCUT2D eigenvalue weighted by atomic mass is 16.3. The van der Waals surface area contributed by atoms with Crippen molar-refractivity contribution in [2.24, 2.45) is 0 Å². The molecule has 4 aromatic heterocycles. The highest BCUT2D eigenvalue weighted by Gasteiger charge is 2.26. The van der Waals surface area contributed by atoms with Crippen LogP contribution in [0, 0.1) is 0 Å². The second kappa shape index (κ2) is 13.3. The predicted molar refractivity (Wildman–Crippen MR) is 281 cm³/mol. The fourth-order valence-electron chi connectivity index (χ4n) is 11.8. The van der Waals surface area contributed by atoms with Gasteiger partial charge in [0.05, 0.1) is 0 Å². The number of rotatable bonds is 4. The first-order chi connectivity index (χ1) is 33.7. The molecule has 0 saturated carbocycles. The third-order valence-electron chi connectivity index (χ3n) is 14.7. The van der Waals surface area contributed by atoms with Crippen LogP contribution < -0.4 is 0 Å². The third-order valence-corrected chi connectivity index (χ3v) is 14.7. The van der Waals surface area contributed by atoms with Crippen molar-refractivity contribution in [3.63, 3.8) is 0 Å². The lowest BCUT2D eigenvalue weighted by molar-refractivity contribution is 0.669. The van der Waals surface area contributed by atoms with Crippen LogP contribution in [0.5, 0.6) is 0 Å². The molecule has 4 heteroatoms. The molecule has 12 aromatic carbocycles. The predicted octanol–water partition coefficient (Wildman–Crippen LogP) is 18.8. The Kier molecular flexibility index (Phi) is 7.04. The molecule has 0 unspecified atom stereocenters. The largest absolute Gasteiger partial charge is 0.456 e. The summed E-state index contributed by atoms with van der Waals surface area (Å²) in [7, 11) is 0. The molecule has 314 valence electrons. The van der Waals surface area contributed by atoms with Gasteiger partial charge in [-0.15, -0.1) is 0 Å².